The highest BCUT2D eigenvalue weighted by Crippen LogP contribution is 2.25. The number of halogens is 1. The fourth-order valence-electron chi connectivity index (χ4n) is 1.45. The molecule has 0 saturated heterocycles. The summed E-state index contributed by atoms with van der Waals surface area (Å²) >= 11 is 0. The number of ether oxygens (including phenoxy) is 1. The maximum absolute atomic E-state index is 13.8. The lowest BCUT2D eigenvalue weighted by molar-refractivity contribution is -0.0983. The Morgan fingerprint density at radius 2 is 1.85 bits per heavy atom. The zero-order valence-corrected chi connectivity index (χ0v) is 12.6. The van der Waals surface area contributed by atoms with E-state index in [4.69, 9.17) is 9.39 Å². The maximum atomic E-state index is 13.8. The van der Waals surface area contributed by atoms with Gasteiger partial charge in [0.15, 0.2) is 0 Å². The minimum Gasteiger partial charge on any atom is -0.494 e. The van der Waals surface area contributed by atoms with Gasteiger partial charge in [0.1, 0.15) is 11.6 Å². The molecule has 112 valence electrons. The number of benzene rings is 1. The SMILES string of the molecule is CCOc1ccc(F)c(B(O)OC(C)(C)C(C)(C)O)c1. The predicted molar refractivity (Wildman–Crippen MR) is 76.6 cm³/mol. The van der Waals surface area contributed by atoms with Crippen LogP contribution in [0.1, 0.15) is 34.6 Å². The van der Waals surface area contributed by atoms with Gasteiger partial charge in [-0.15, -0.1) is 0 Å². The van der Waals surface area contributed by atoms with Gasteiger partial charge in [0.05, 0.1) is 17.8 Å². The molecule has 1 rings (SSSR count). The van der Waals surface area contributed by atoms with E-state index in [9.17, 15) is 14.5 Å². The second-order valence-corrected chi connectivity index (χ2v) is 5.66. The van der Waals surface area contributed by atoms with Crippen molar-refractivity contribution < 1.29 is 23.9 Å². The lowest BCUT2D eigenvalue weighted by atomic mass is 9.76. The van der Waals surface area contributed by atoms with Crippen LogP contribution in [0.5, 0.6) is 5.75 Å². The zero-order chi connectivity index (χ0) is 15.6. The quantitative estimate of drug-likeness (QED) is 0.777. The first kappa shape index (κ1) is 16.9. The molecule has 0 saturated carbocycles. The van der Waals surface area contributed by atoms with E-state index in [1.807, 2.05) is 6.92 Å². The molecular weight excluding hydrogens is 262 g/mol. The van der Waals surface area contributed by atoms with Crippen molar-refractivity contribution in [1.82, 2.24) is 0 Å². The van der Waals surface area contributed by atoms with Crippen LogP contribution in [0.3, 0.4) is 0 Å². The molecule has 1 aromatic carbocycles. The largest absolute Gasteiger partial charge is 0.494 e. The van der Waals surface area contributed by atoms with Gasteiger partial charge >= 0.3 is 7.12 Å². The summed E-state index contributed by atoms with van der Waals surface area (Å²) in [6.07, 6.45) is 0. The molecule has 0 aliphatic carbocycles. The summed E-state index contributed by atoms with van der Waals surface area (Å²) in [4.78, 5) is 0. The van der Waals surface area contributed by atoms with Gasteiger partial charge in [0.25, 0.3) is 0 Å². The van der Waals surface area contributed by atoms with E-state index in [2.05, 4.69) is 0 Å². The Kier molecular flexibility index (Phi) is 5.18. The molecule has 0 atom stereocenters. The summed E-state index contributed by atoms with van der Waals surface area (Å²) in [5, 5.41) is 20.1. The van der Waals surface area contributed by atoms with Crippen LogP contribution in [-0.2, 0) is 4.65 Å². The average Bonchev–Trinajstić information content (AvgIpc) is 2.29. The molecule has 20 heavy (non-hydrogen) atoms. The van der Waals surface area contributed by atoms with Crippen LogP contribution in [0.15, 0.2) is 18.2 Å². The molecule has 1 aromatic rings. The van der Waals surface area contributed by atoms with Crippen molar-refractivity contribution in [3.8, 4) is 5.75 Å². The van der Waals surface area contributed by atoms with Gasteiger partial charge in [-0.2, -0.15) is 0 Å². The third kappa shape index (κ3) is 3.94. The molecule has 0 heterocycles. The highest BCUT2D eigenvalue weighted by atomic mass is 19.1. The Balaban J connectivity index is 2.97. The lowest BCUT2D eigenvalue weighted by Crippen LogP contribution is -2.53. The molecule has 0 unspecified atom stereocenters. The number of aliphatic hydroxyl groups is 1. The molecule has 4 nitrogen and oxygen atoms in total. The predicted octanol–water partition coefficient (Wildman–Crippen LogP) is 1.48. The van der Waals surface area contributed by atoms with Crippen molar-refractivity contribution in [2.45, 2.75) is 45.8 Å². The fraction of sp³-hybridized carbons (Fsp3) is 0.571. The van der Waals surface area contributed by atoms with Crippen LogP contribution in [0.4, 0.5) is 4.39 Å². The van der Waals surface area contributed by atoms with E-state index < -0.39 is 24.1 Å². The molecule has 0 spiro atoms. The van der Waals surface area contributed by atoms with Gasteiger partial charge in [0, 0.05) is 5.46 Å². The molecule has 0 amide bonds. The van der Waals surface area contributed by atoms with E-state index >= 15 is 0 Å². The number of hydrogen-bond acceptors (Lipinski definition) is 4. The first-order valence-electron chi connectivity index (χ1n) is 6.59. The first-order valence-corrected chi connectivity index (χ1v) is 6.59. The van der Waals surface area contributed by atoms with Crippen molar-refractivity contribution in [3.63, 3.8) is 0 Å². The normalized spacial score (nSPS) is 12.4. The molecule has 2 N–H and O–H groups in total. The van der Waals surface area contributed by atoms with Crippen molar-refractivity contribution in [2.75, 3.05) is 6.61 Å². The summed E-state index contributed by atoms with van der Waals surface area (Å²) in [6, 6.07) is 4.09. The van der Waals surface area contributed by atoms with E-state index in [1.54, 1.807) is 27.7 Å². The molecule has 0 bridgehead atoms. The van der Waals surface area contributed by atoms with Crippen LogP contribution >= 0.6 is 0 Å². The third-order valence-corrected chi connectivity index (χ3v) is 3.42. The fourth-order valence-corrected chi connectivity index (χ4v) is 1.45. The van der Waals surface area contributed by atoms with Crippen LogP contribution < -0.4 is 10.2 Å². The molecule has 0 radical (unpaired) electrons. The number of rotatable bonds is 6. The summed E-state index contributed by atoms with van der Waals surface area (Å²) in [5.41, 5.74) is -2.27. The number of hydrogen-bond donors (Lipinski definition) is 2. The molecule has 0 aliphatic rings. The van der Waals surface area contributed by atoms with Crippen molar-refractivity contribution in [1.29, 1.82) is 0 Å². The van der Waals surface area contributed by atoms with E-state index in [1.165, 1.54) is 18.2 Å². The second-order valence-electron chi connectivity index (χ2n) is 5.66. The summed E-state index contributed by atoms with van der Waals surface area (Å²) in [7, 11) is -1.49. The molecule has 0 fully saturated rings. The zero-order valence-electron chi connectivity index (χ0n) is 12.6. The summed E-state index contributed by atoms with van der Waals surface area (Å²) in [5.74, 6) is -0.139. The minimum atomic E-state index is -1.49. The van der Waals surface area contributed by atoms with Crippen molar-refractivity contribution in [2.24, 2.45) is 0 Å². The summed E-state index contributed by atoms with van der Waals surface area (Å²) < 4.78 is 24.5. The molecule has 0 aromatic heterocycles. The standard InChI is InChI=1S/C14H22BFO4/c1-6-19-10-7-8-12(16)11(9-10)15(18)20-14(4,5)13(2,3)17/h7-9,17-18H,6H2,1-5H3. The van der Waals surface area contributed by atoms with E-state index in [0.717, 1.165) is 0 Å². The van der Waals surface area contributed by atoms with Gasteiger partial charge in [-0.05, 0) is 52.8 Å². The summed E-state index contributed by atoms with van der Waals surface area (Å²) in [6.45, 7) is 8.63. The van der Waals surface area contributed by atoms with E-state index in [0.29, 0.717) is 12.4 Å². The Labute approximate surface area is 119 Å². The minimum absolute atomic E-state index is 0.0201. The smallest absolute Gasteiger partial charge is 0.494 e. The van der Waals surface area contributed by atoms with Gasteiger partial charge in [-0.1, -0.05) is 0 Å². The van der Waals surface area contributed by atoms with Gasteiger partial charge < -0.3 is 19.5 Å². The van der Waals surface area contributed by atoms with Gasteiger partial charge in [0.2, 0.25) is 0 Å². The second kappa shape index (κ2) is 6.12. The van der Waals surface area contributed by atoms with Crippen LogP contribution in [-0.4, -0.2) is 35.1 Å². The third-order valence-electron chi connectivity index (χ3n) is 3.42. The first-order chi connectivity index (χ1) is 9.08. The Morgan fingerprint density at radius 3 is 2.35 bits per heavy atom. The van der Waals surface area contributed by atoms with Gasteiger partial charge in [-0.25, -0.2) is 4.39 Å². The topological polar surface area (TPSA) is 58.9 Å². The van der Waals surface area contributed by atoms with Gasteiger partial charge in [-0.3, -0.25) is 0 Å². The Morgan fingerprint density at radius 1 is 1.25 bits per heavy atom. The highest BCUT2D eigenvalue weighted by molar-refractivity contribution is 6.60. The molecular formula is C14H22BFO4. The monoisotopic (exact) mass is 284 g/mol. The van der Waals surface area contributed by atoms with Crippen molar-refractivity contribution >= 4 is 12.6 Å². The highest BCUT2D eigenvalue weighted by Gasteiger charge is 2.40. The molecule has 6 heteroatoms. The Bertz CT molecular complexity index is 457. The lowest BCUT2D eigenvalue weighted by Gasteiger charge is -2.38. The van der Waals surface area contributed by atoms with Crippen molar-refractivity contribution in [3.05, 3.63) is 24.0 Å². The molecule has 0 aliphatic heterocycles. The van der Waals surface area contributed by atoms with Crippen LogP contribution in [0.2, 0.25) is 0 Å². The Hall–Kier alpha value is -1.11. The van der Waals surface area contributed by atoms with Crippen LogP contribution in [0, 0.1) is 5.82 Å². The average molecular weight is 284 g/mol. The maximum Gasteiger partial charge on any atom is 0.494 e. The van der Waals surface area contributed by atoms with Crippen LogP contribution in [0.25, 0.3) is 0 Å². The van der Waals surface area contributed by atoms with E-state index in [-0.39, 0.29) is 5.46 Å².